The summed E-state index contributed by atoms with van der Waals surface area (Å²) in [6, 6.07) is 2.54. The van der Waals surface area contributed by atoms with Crippen LogP contribution >= 0.6 is 11.3 Å². The van der Waals surface area contributed by atoms with Crippen molar-refractivity contribution in [1.82, 2.24) is 19.6 Å². The summed E-state index contributed by atoms with van der Waals surface area (Å²) < 4.78 is 0. The van der Waals surface area contributed by atoms with Crippen LogP contribution in [-0.2, 0) is 16.0 Å². The molecule has 1 aromatic rings. The van der Waals surface area contributed by atoms with Crippen molar-refractivity contribution in [2.45, 2.75) is 19.4 Å². The summed E-state index contributed by atoms with van der Waals surface area (Å²) in [5, 5.41) is 2.15. The molecule has 0 radical (unpaired) electrons. The van der Waals surface area contributed by atoms with E-state index in [0.29, 0.717) is 32.2 Å². The van der Waals surface area contributed by atoms with E-state index in [9.17, 15) is 9.59 Å². The first-order valence-electron chi connectivity index (χ1n) is 8.96. The number of hydrogen-bond acceptors (Lipinski definition) is 5. The SMILES string of the molecule is CC1c2sccc2CCN1CC(=O)N1CCN(CC(=O)N(C)C)CC1. The summed E-state index contributed by atoms with van der Waals surface area (Å²) in [6.45, 7) is 7.07. The highest BCUT2D eigenvalue weighted by Gasteiger charge is 2.29. The first-order chi connectivity index (χ1) is 12.0. The molecule has 7 heteroatoms. The predicted octanol–water partition coefficient (Wildman–Crippen LogP) is 0.900. The Morgan fingerprint density at radius 1 is 1.16 bits per heavy atom. The maximum Gasteiger partial charge on any atom is 0.236 e. The molecule has 1 fully saturated rings. The van der Waals surface area contributed by atoms with E-state index in [1.807, 2.05) is 4.90 Å². The largest absolute Gasteiger partial charge is 0.348 e. The average Bonchev–Trinajstić information content (AvgIpc) is 3.07. The third kappa shape index (κ3) is 4.22. The lowest BCUT2D eigenvalue weighted by Crippen LogP contribution is -2.53. The van der Waals surface area contributed by atoms with Crippen LogP contribution in [0, 0.1) is 0 Å². The normalized spacial score (nSPS) is 21.9. The van der Waals surface area contributed by atoms with Crippen molar-refractivity contribution < 1.29 is 9.59 Å². The molecule has 0 bridgehead atoms. The molecular formula is C18H28N4O2S. The minimum absolute atomic E-state index is 0.119. The standard InChI is InChI=1S/C18H28N4O2S/c1-14-18-15(5-11-25-18)4-6-22(14)13-17(24)21-9-7-20(8-10-21)12-16(23)19(2)3/h5,11,14H,4,6-10,12-13H2,1-3H3. The van der Waals surface area contributed by atoms with Gasteiger partial charge in [0.25, 0.3) is 0 Å². The van der Waals surface area contributed by atoms with Crippen LogP contribution in [0.5, 0.6) is 0 Å². The smallest absolute Gasteiger partial charge is 0.236 e. The number of thiophene rings is 1. The Balaban J connectivity index is 1.48. The van der Waals surface area contributed by atoms with Gasteiger partial charge < -0.3 is 9.80 Å². The van der Waals surface area contributed by atoms with Crippen molar-refractivity contribution in [2.75, 3.05) is 59.9 Å². The van der Waals surface area contributed by atoms with Crippen LogP contribution in [0.1, 0.15) is 23.4 Å². The van der Waals surface area contributed by atoms with Gasteiger partial charge in [-0.2, -0.15) is 0 Å². The van der Waals surface area contributed by atoms with Gasteiger partial charge in [-0.1, -0.05) is 0 Å². The number of carbonyl (C=O) groups is 2. The maximum absolute atomic E-state index is 12.7. The van der Waals surface area contributed by atoms with Gasteiger partial charge in [0, 0.05) is 57.7 Å². The molecule has 0 saturated carbocycles. The molecule has 1 unspecified atom stereocenters. The number of nitrogens with zero attached hydrogens (tertiary/aromatic N) is 4. The van der Waals surface area contributed by atoms with Crippen molar-refractivity contribution in [3.8, 4) is 0 Å². The molecule has 2 aliphatic heterocycles. The number of amides is 2. The molecular weight excluding hydrogens is 336 g/mol. The van der Waals surface area contributed by atoms with E-state index in [1.165, 1.54) is 10.4 Å². The molecule has 138 valence electrons. The fourth-order valence-electron chi connectivity index (χ4n) is 3.52. The monoisotopic (exact) mass is 364 g/mol. The van der Waals surface area contributed by atoms with E-state index in [4.69, 9.17) is 0 Å². The number of likely N-dealkylation sites (N-methyl/N-ethyl adjacent to an activating group) is 1. The highest BCUT2D eigenvalue weighted by molar-refractivity contribution is 7.10. The van der Waals surface area contributed by atoms with E-state index in [0.717, 1.165) is 26.1 Å². The molecule has 3 heterocycles. The fraction of sp³-hybridized carbons (Fsp3) is 0.667. The zero-order valence-corrected chi connectivity index (χ0v) is 16.2. The highest BCUT2D eigenvalue weighted by atomic mass is 32.1. The van der Waals surface area contributed by atoms with E-state index >= 15 is 0 Å². The van der Waals surface area contributed by atoms with Gasteiger partial charge in [0.2, 0.25) is 11.8 Å². The number of carbonyl (C=O) groups excluding carboxylic acids is 2. The summed E-state index contributed by atoms with van der Waals surface area (Å²) in [4.78, 5) is 33.9. The van der Waals surface area contributed by atoms with Gasteiger partial charge in [0.05, 0.1) is 13.1 Å². The Kier molecular flexibility index (Phi) is 5.76. The van der Waals surface area contributed by atoms with Crippen LogP contribution in [0.15, 0.2) is 11.4 Å². The fourth-order valence-corrected chi connectivity index (χ4v) is 4.57. The Labute approximate surface area is 154 Å². The average molecular weight is 365 g/mol. The van der Waals surface area contributed by atoms with Crippen molar-refractivity contribution in [3.05, 3.63) is 21.9 Å². The summed E-state index contributed by atoms with van der Waals surface area (Å²) in [6.07, 6.45) is 1.04. The second-order valence-electron chi connectivity index (χ2n) is 7.15. The number of hydrogen-bond donors (Lipinski definition) is 0. The molecule has 1 atom stereocenters. The van der Waals surface area contributed by atoms with Gasteiger partial charge in [-0.25, -0.2) is 0 Å². The lowest BCUT2D eigenvalue weighted by Gasteiger charge is -2.38. The van der Waals surface area contributed by atoms with Gasteiger partial charge in [0.1, 0.15) is 0 Å². The molecule has 1 aromatic heterocycles. The molecule has 0 spiro atoms. The van der Waals surface area contributed by atoms with Crippen molar-refractivity contribution in [2.24, 2.45) is 0 Å². The second kappa shape index (κ2) is 7.85. The lowest BCUT2D eigenvalue weighted by molar-refractivity contribution is -0.135. The third-order valence-electron chi connectivity index (χ3n) is 5.30. The van der Waals surface area contributed by atoms with Gasteiger partial charge in [-0.05, 0) is 30.4 Å². The van der Waals surface area contributed by atoms with Crippen LogP contribution in [-0.4, -0.2) is 91.3 Å². The van der Waals surface area contributed by atoms with Crippen molar-refractivity contribution in [3.63, 3.8) is 0 Å². The van der Waals surface area contributed by atoms with Crippen molar-refractivity contribution in [1.29, 1.82) is 0 Å². The van der Waals surface area contributed by atoms with E-state index in [-0.39, 0.29) is 11.8 Å². The Morgan fingerprint density at radius 2 is 1.88 bits per heavy atom. The summed E-state index contributed by atoms with van der Waals surface area (Å²) in [5.41, 5.74) is 1.44. The van der Waals surface area contributed by atoms with E-state index in [2.05, 4.69) is 28.2 Å². The molecule has 25 heavy (non-hydrogen) atoms. The van der Waals surface area contributed by atoms with E-state index < -0.39 is 0 Å². The topological polar surface area (TPSA) is 47.1 Å². The van der Waals surface area contributed by atoms with Crippen LogP contribution in [0.4, 0.5) is 0 Å². The molecule has 2 aliphatic rings. The summed E-state index contributed by atoms with van der Waals surface area (Å²) in [7, 11) is 3.56. The maximum atomic E-state index is 12.7. The minimum atomic E-state index is 0.119. The lowest BCUT2D eigenvalue weighted by atomic mass is 10.0. The number of piperazine rings is 1. The van der Waals surface area contributed by atoms with Crippen molar-refractivity contribution >= 4 is 23.2 Å². The molecule has 0 aliphatic carbocycles. The van der Waals surface area contributed by atoms with Crippen LogP contribution < -0.4 is 0 Å². The minimum Gasteiger partial charge on any atom is -0.348 e. The molecule has 3 rings (SSSR count). The third-order valence-corrected chi connectivity index (χ3v) is 6.43. The molecule has 0 aromatic carbocycles. The number of rotatable bonds is 4. The Hall–Kier alpha value is -1.44. The Bertz CT molecular complexity index is 622. The van der Waals surface area contributed by atoms with Gasteiger partial charge in [-0.3, -0.25) is 19.4 Å². The Morgan fingerprint density at radius 3 is 2.56 bits per heavy atom. The quantitative estimate of drug-likeness (QED) is 0.796. The van der Waals surface area contributed by atoms with Gasteiger partial charge >= 0.3 is 0 Å². The first-order valence-corrected chi connectivity index (χ1v) is 9.84. The van der Waals surface area contributed by atoms with Gasteiger partial charge in [0.15, 0.2) is 0 Å². The molecule has 1 saturated heterocycles. The molecule has 0 N–H and O–H groups in total. The van der Waals surface area contributed by atoms with Crippen LogP contribution in [0.3, 0.4) is 0 Å². The summed E-state index contributed by atoms with van der Waals surface area (Å²) >= 11 is 1.80. The predicted molar refractivity (Wildman–Crippen MR) is 99.7 cm³/mol. The van der Waals surface area contributed by atoms with Gasteiger partial charge in [-0.15, -0.1) is 11.3 Å². The second-order valence-corrected chi connectivity index (χ2v) is 8.10. The zero-order valence-electron chi connectivity index (χ0n) is 15.4. The first kappa shape index (κ1) is 18.4. The van der Waals surface area contributed by atoms with E-state index in [1.54, 1.807) is 30.3 Å². The summed E-state index contributed by atoms with van der Waals surface area (Å²) in [5.74, 6) is 0.333. The van der Waals surface area contributed by atoms with Crippen LogP contribution in [0.25, 0.3) is 0 Å². The number of fused-ring (bicyclic) bond motifs is 1. The van der Waals surface area contributed by atoms with Crippen LogP contribution in [0.2, 0.25) is 0 Å². The highest BCUT2D eigenvalue weighted by Crippen LogP contribution is 2.33. The molecule has 2 amide bonds. The molecule has 6 nitrogen and oxygen atoms in total. The zero-order chi connectivity index (χ0) is 18.0.